The van der Waals surface area contributed by atoms with E-state index in [0.29, 0.717) is 43.3 Å². The Hall–Kier alpha value is -4.06. The Labute approximate surface area is 219 Å². The minimum Gasteiger partial charge on any atom is -0.384 e. The van der Waals surface area contributed by atoms with Gasteiger partial charge in [-0.2, -0.15) is 10.8 Å². The quantitative estimate of drug-likeness (QED) is 0.431. The van der Waals surface area contributed by atoms with Crippen LogP contribution in [0.25, 0.3) is 0 Å². The Morgan fingerprint density at radius 2 is 2.16 bits per heavy atom. The summed E-state index contributed by atoms with van der Waals surface area (Å²) in [6.45, 7) is 1.53. The first-order chi connectivity index (χ1) is 18.4. The van der Waals surface area contributed by atoms with Crippen LogP contribution < -0.4 is 11.2 Å². The van der Waals surface area contributed by atoms with Crippen LogP contribution in [0.5, 0.6) is 0 Å². The van der Waals surface area contributed by atoms with Crippen molar-refractivity contribution in [2.75, 3.05) is 32.1 Å². The molecule has 4 heterocycles. The molecule has 10 nitrogen and oxygen atoms in total. The molecule has 2 amide bonds. The molecular formula is C27H29FN7O3+. The first kappa shape index (κ1) is 25.6. The zero-order valence-corrected chi connectivity index (χ0v) is 21.0. The number of quaternary nitrogens is 1. The summed E-state index contributed by atoms with van der Waals surface area (Å²) in [5.41, 5.74) is 1.64. The number of likely N-dealkylation sites (tertiary alicyclic amines) is 1. The van der Waals surface area contributed by atoms with E-state index in [1.165, 1.54) is 18.2 Å². The average molecular weight is 519 g/mol. The highest BCUT2D eigenvalue weighted by Gasteiger charge is 2.47. The highest BCUT2D eigenvalue weighted by molar-refractivity contribution is 6.05. The van der Waals surface area contributed by atoms with E-state index in [2.05, 4.69) is 15.3 Å². The lowest BCUT2D eigenvalue weighted by Gasteiger charge is -2.33. The fraction of sp³-hybridized carbons (Fsp3) is 0.296. The van der Waals surface area contributed by atoms with Crippen LogP contribution in [-0.2, 0) is 9.53 Å². The number of fused-ring (bicyclic) bond motifs is 1. The van der Waals surface area contributed by atoms with Gasteiger partial charge in [-0.15, -0.1) is 4.59 Å². The molecule has 0 spiro atoms. The molecule has 1 aromatic carbocycles. The maximum Gasteiger partial charge on any atom is 0.267 e. The Morgan fingerprint density at radius 3 is 2.92 bits per heavy atom. The summed E-state index contributed by atoms with van der Waals surface area (Å²) in [6.07, 6.45) is 8.34. The second kappa shape index (κ2) is 10.7. The number of carbonyl (C=O) groups excluding carboxylic acids is 2. The number of hydrogen-bond donors (Lipinski definition) is 2. The molecule has 1 saturated heterocycles. The smallest absolute Gasteiger partial charge is 0.267 e. The van der Waals surface area contributed by atoms with Crippen LogP contribution in [0.1, 0.15) is 35.2 Å². The number of carbonyl (C=O) groups is 2. The summed E-state index contributed by atoms with van der Waals surface area (Å²) in [6, 6.07) is 9.33. The van der Waals surface area contributed by atoms with E-state index in [0.717, 1.165) is 12.8 Å². The number of amidine groups is 1. The van der Waals surface area contributed by atoms with Crippen molar-refractivity contribution in [1.82, 2.24) is 9.88 Å². The van der Waals surface area contributed by atoms with Gasteiger partial charge in [0.1, 0.15) is 23.5 Å². The third-order valence-electron chi connectivity index (χ3n) is 6.88. The lowest BCUT2D eigenvalue weighted by molar-refractivity contribution is -0.750. The minimum atomic E-state index is -0.628. The number of nitrogens with zero attached hydrogens (tertiary/aromatic N) is 5. The molecule has 196 valence electrons. The van der Waals surface area contributed by atoms with Gasteiger partial charge in [-0.3, -0.25) is 14.6 Å². The topological polar surface area (TPSA) is 122 Å². The molecule has 0 aliphatic carbocycles. The average Bonchev–Trinajstić information content (AvgIpc) is 3.25. The maximum absolute atomic E-state index is 15.5. The Morgan fingerprint density at radius 1 is 1.29 bits per heavy atom. The number of allylic oxidation sites excluding steroid dienone is 1. The van der Waals surface area contributed by atoms with Gasteiger partial charge >= 0.3 is 0 Å². The van der Waals surface area contributed by atoms with E-state index in [4.69, 9.17) is 15.6 Å². The van der Waals surface area contributed by atoms with Gasteiger partial charge in [-0.1, -0.05) is 6.07 Å². The molecule has 3 N–H and O–H groups in total. The molecule has 0 bridgehead atoms. The van der Waals surface area contributed by atoms with Gasteiger partial charge in [0.05, 0.1) is 31.0 Å². The number of rotatable bonds is 7. The Balaban J connectivity index is 1.42. The third kappa shape index (κ3) is 4.91. The number of halogens is 1. The molecular weight excluding hydrogens is 489 g/mol. The van der Waals surface area contributed by atoms with Crippen LogP contribution in [0.2, 0.25) is 0 Å². The van der Waals surface area contributed by atoms with Crippen LogP contribution >= 0.6 is 0 Å². The largest absolute Gasteiger partial charge is 0.384 e. The van der Waals surface area contributed by atoms with Crippen LogP contribution in [0.4, 0.5) is 10.2 Å². The Kier molecular flexibility index (Phi) is 7.23. The van der Waals surface area contributed by atoms with Crippen LogP contribution in [0.3, 0.4) is 0 Å². The zero-order chi connectivity index (χ0) is 26.7. The SMILES string of the molecule is COCCC(=O)N1CCC[C@@H](C2=C3C=NC=C[N+]3(N)C(c3ccc(C(=O)Nc4ccccn4)cc3F)=N2)C1. The first-order valence-corrected chi connectivity index (χ1v) is 12.4. The normalized spacial score (nSPS) is 22.3. The number of amides is 2. The highest BCUT2D eigenvalue weighted by Crippen LogP contribution is 2.38. The molecule has 1 aromatic heterocycles. The molecule has 5 rings (SSSR count). The number of aromatic nitrogens is 1. The van der Waals surface area contributed by atoms with Gasteiger partial charge in [0.2, 0.25) is 11.6 Å². The van der Waals surface area contributed by atoms with Crippen molar-refractivity contribution >= 4 is 29.7 Å². The summed E-state index contributed by atoms with van der Waals surface area (Å²) in [5.74, 6) is 6.28. The molecule has 38 heavy (non-hydrogen) atoms. The summed E-state index contributed by atoms with van der Waals surface area (Å²) >= 11 is 0. The first-order valence-electron chi connectivity index (χ1n) is 12.4. The number of benzene rings is 1. The van der Waals surface area contributed by atoms with Crippen molar-refractivity contribution in [3.8, 4) is 0 Å². The molecule has 1 unspecified atom stereocenters. The number of anilines is 1. The third-order valence-corrected chi connectivity index (χ3v) is 6.88. The molecule has 2 aromatic rings. The number of nitrogens with one attached hydrogen (secondary N) is 1. The van der Waals surface area contributed by atoms with Gasteiger partial charge < -0.3 is 15.0 Å². The molecule has 3 aliphatic rings. The summed E-state index contributed by atoms with van der Waals surface area (Å²) in [4.78, 5) is 40.3. The van der Waals surface area contributed by atoms with Crippen molar-refractivity contribution in [1.29, 1.82) is 0 Å². The molecule has 0 saturated carbocycles. The van der Waals surface area contributed by atoms with Crippen molar-refractivity contribution < 1.29 is 23.3 Å². The van der Waals surface area contributed by atoms with E-state index in [-0.39, 0.29) is 33.4 Å². The summed E-state index contributed by atoms with van der Waals surface area (Å²) in [7, 11) is 1.57. The van der Waals surface area contributed by atoms with Crippen molar-refractivity contribution in [2.45, 2.75) is 19.3 Å². The van der Waals surface area contributed by atoms with Gasteiger partial charge in [0.15, 0.2) is 0 Å². The van der Waals surface area contributed by atoms with Gasteiger partial charge in [-0.25, -0.2) is 9.37 Å². The number of piperidine rings is 1. The highest BCUT2D eigenvalue weighted by atomic mass is 19.1. The van der Waals surface area contributed by atoms with Crippen molar-refractivity contribution in [2.24, 2.45) is 21.7 Å². The lowest BCUT2D eigenvalue weighted by Crippen LogP contribution is -2.53. The second-order valence-electron chi connectivity index (χ2n) is 9.34. The van der Waals surface area contributed by atoms with Crippen LogP contribution in [0.15, 0.2) is 76.4 Å². The molecule has 3 aliphatic heterocycles. The standard InChI is InChI=1S/C27H28FN7O3/c1-38-14-9-24(36)34-12-4-5-19(17-34)25-22-16-30-11-13-35(22,29)26(33-25)20-8-7-18(15-21(20)28)27(37)32-23-6-2-3-10-31-23/h2-3,6-8,10-11,13,15-16,19H,4-5,9,12,14,17,29H2,1H3/p+1/t19-,35?/m1/s1. The van der Waals surface area contributed by atoms with Gasteiger partial charge in [0, 0.05) is 37.9 Å². The number of ether oxygens (including phenoxy) is 1. The van der Waals surface area contributed by atoms with Crippen LogP contribution in [0, 0.1) is 11.7 Å². The van der Waals surface area contributed by atoms with Crippen molar-refractivity contribution in [3.63, 3.8) is 0 Å². The van der Waals surface area contributed by atoms with E-state index in [1.807, 2.05) is 4.90 Å². The number of pyridine rings is 1. The fourth-order valence-corrected chi connectivity index (χ4v) is 4.92. The van der Waals surface area contributed by atoms with Crippen molar-refractivity contribution in [3.05, 3.63) is 83.3 Å². The molecule has 2 atom stereocenters. The maximum atomic E-state index is 15.5. The van der Waals surface area contributed by atoms with Gasteiger partial charge in [0.25, 0.3) is 11.7 Å². The minimum absolute atomic E-state index is 0.0284. The van der Waals surface area contributed by atoms with E-state index >= 15 is 4.39 Å². The lowest BCUT2D eigenvalue weighted by atomic mass is 9.93. The number of aliphatic imine (C=N–C) groups is 2. The summed E-state index contributed by atoms with van der Waals surface area (Å²) in [5, 5.41) is 2.65. The number of methoxy groups -OCH3 is 1. The van der Waals surface area contributed by atoms with E-state index < -0.39 is 11.7 Å². The van der Waals surface area contributed by atoms with Crippen LogP contribution in [-0.4, -0.2) is 65.1 Å². The number of nitrogens with two attached hydrogens (primary N) is 1. The monoisotopic (exact) mass is 518 g/mol. The zero-order valence-electron chi connectivity index (χ0n) is 21.0. The Bertz CT molecular complexity index is 1370. The molecule has 0 radical (unpaired) electrons. The van der Waals surface area contributed by atoms with E-state index in [9.17, 15) is 9.59 Å². The second-order valence-corrected chi connectivity index (χ2v) is 9.34. The molecule has 1 fully saturated rings. The fourth-order valence-electron chi connectivity index (χ4n) is 4.92. The molecule has 11 heteroatoms. The predicted octanol–water partition coefficient (Wildman–Crippen LogP) is 2.97. The van der Waals surface area contributed by atoms with E-state index in [1.54, 1.807) is 50.1 Å². The predicted molar refractivity (Wildman–Crippen MR) is 140 cm³/mol. The summed E-state index contributed by atoms with van der Waals surface area (Å²) < 4.78 is 20.2. The number of hydrogen-bond acceptors (Lipinski definition) is 7. The van der Waals surface area contributed by atoms with Gasteiger partial charge in [-0.05, 0) is 43.2 Å².